The van der Waals surface area contributed by atoms with Gasteiger partial charge in [-0.25, -0.2) is 9.98 Å². The minimum atomic E-state index is 0. The van der Waals surface area contributed by atoms with Gasteiger partial charge in [-0.15, -0.1) is 24.0 Å². The molecule has 1 saturated heterocycles. The van der Waals surface area contributed by atoms with Crippen LogP contribution in [-0.2, 0) is 6.54 Å². The second-order valence-corrected chi connectivity index (χ2v) is 7.37. The number of aliphatic imine (C=N–C) groups is 1. The van der Waals surface area contributed by atoms with E-state index in [4.69, 9.17) is 9.41 Å². The highest BCUT2D eigenvalue weighted by atomic mass is 127. The number of nitrogens with zero attached hydrogens (tertiary/aromatic N) is 3. The molecule has 1 N–H and O–H groups in total. The second-order valence-electron chi connectivity index (χ2n) is 6.02. The van der Waals surface area contributed by atoms with Crippen LogP contribution in [0.4, 0.5) is 0 Å². The summed E-state index contributed by atoms with van der Waals surface area (Å²) in [4.78, 5) is 11.5. The summed E-state index contributed by atoms with van der Waals surface area (Å²) in [7, 11) is 0. The zero-order valence-corrected chi connectivity index (χ0v) is 17.9. The summed E-state index contributed by atoms with van der Waals surface area (Å²) >= 11 is 2.07. The van der Waals surface area contributed by atoms with Crippen LogP contribution in [0.2, 0.25) is 0 Å². The van der Waals surface area contributed by atoms with Crippen molar-refractivity contribution in [2.75, 3.05) is 25.4 Å². The smallest absolute Gasteiger partial charge is 0.216 e. The highest BCUT2D eigenvalue weighted by Crippen LogP contribution is 2.25. The maximum atomic E-state index is 5.62. The minimum absolute atomic E-state index is 0. The van der Waals surface area contributed by atoms with Gasteiger partial charge >= 0.3 is 0 Å². The number of hydrogen-bond acceptors (Lipinski definition) is 4. The molecule has 0 bridgehead atoms. The number of rotatable bonds is 4. The van der Waals surface area contributed by atoms with Crippen molar-refractivity contribution >= 4 is 41.7 Å². The van der Waals surface area contributed by atoms with Crippen molar-refractivity contribution in [1.82, 2.24) is 15.2 Å². The molecule has 1 aliphatic heterocycles. The topological polar surface area (TPSA) is 53.7 Å². The maximum absolute atomic E-state index is 5.62. The molecule has 7 heteroatoms. The van der Waals surface area contributed by atoms with Gasteiger partial charge in [-0.05, 0) is 26.7 Å². The van der Waals surface area contributed by atoms with Crippen LogP contribution in [0, 0.1) is 19.8 Å². The number of guanidine groups is 1. The second kappa shape index (κ2) is 9.76. The number of halogens is 1. The van der Waals surface area contributed by atoms with Gasteiger partial charge in [0, 0.05) is 30.6 Å². The van der Waals surface area contributed by atoms with Crippen LogP contribution in [-0.4, -0.2) is 46.5 Å². The van der Waals surface area contributed by atoms with Crippen molar-refractivity contribution in [2.45, 2.75) is 46.4 Å². The van der Waals surface area contributed by atoms with E-state index in [0.29, 0.717) is 23.6 Å². The van der Waals surface area contributed by atoms with Crippen molar-refractivity contribution in [1.29, 1.82) is 0 Å². The van der Waals surface area contributed by atoms with Crippen LogP contribution < -0.4 is 5.32 Å². The number of nitrogens with one attached hydrogen (secondary N) is 1. The van der Waals surface area contributed by atoms with Crippen molar-refractivity contribution in [3.8, 4) is 0 Å². The molecule has 0 aromatic carbocycles. The predicted octanol–water partition coefficient (Wildman–Crippen LogP) is 3.45. The lowest BCUT2D eigenvalue weighted by molar-refractivity contribution is 0.379. The first kappa shape index (κ1) is 20.6. The summed E-state index contributed by atoms with van der Waals surface area (Å²) in [5, 5.41) is 4.07. The van der Waals surface area contributed by atoms with E-state index in [1.54, 1.807) is 0 Å². The summed E-state index contributed by atoms with van der Waals surface area (Å²) in [6.07, 6.45) is 0. The van der Waals surface area contributed by atoms with Gasteiger partial charge in [0.15, 0.2) is 5.96 Å². The van der Waals surface area contributed by atoms with Gasteiger partial charge in [0.05, 0.1) is 5.69 Å². The average Bonchev–Trinajstić information content (AvgIpc) is 2.82. The molecule has 23 heavy (non-hydrogen) atoms. The van der Waals surface area contributed by atoms with Crippen LogP contribution in [0.25, 0.3) is 0 Å². The summed E-state index contributed by atoms with van der Waals surface area (Å²) in [5.41, 5.74) is 0.949. The fraction of sp³-hybridized carbons (Fsp3) is 0.750. The molecule has 0 spiro atoms. The quantitative estimate of drug-likeness (QED) is 0.431. The third kappa shape index (κ3) is 5.85. The Labute approximate surface area is 161 Å². The van der Waals surface area contributed by atoms with Gasteiger partial charge in [0.25, 0.3) is 0 Å². The van der Waals surface area contributed by atoms with Gasteiger partial charge in [-0.2, -0.15) is 11.8 Å². The number of thioether (sulfide) groups is 1. The third-order valence-corrected chi connectivity index (χ3v) is 5.45. The summed E-state index contributed by atoms with van der Waals surface area (Å²) in [5.74, 6) is 4.39. The number of oxazole rings is 1. The average molecular weight is 452 g/mol. The Morgan fingerprint density at radius 2 is 2.22 bits per heavy atom. The molecule has 1 aliphatic rings. The molecule has 1 aromatic heterocycles. The summed E-state index contributed by atoms with van der Waals surface area (Å²) in [6, 6.07) is 0. The molecule has 1 unspecified atom stereocenters. The lowest BCUT2D eigenvalue weighted by Crippen LogP contribution is -2.49. The van der Waals surface area contributed by atoms with Crippen LogP contribution in [0.5, 0.6) is 0 Å². The van der Waals surface area contributed by atoms with E-state index in [-0.39, 0.29) is 24.0 Å². The molecule has 2 rings (SSSR count). The largest absolute Gasteiger partial charge is 0.444 e. The van der Waals surface area contributed by atoms with E-state index < -0.39 is 0 Å². The van der Waals surface area contributed by atoms with E-state index >= 15 is 0 Å². The molecular weight excluding hydrogens is 423 g/mol. The molecule has 1 atom stereocenters. The fourth-order valence-electron chi connectivity index (χ4n) is 2.45. The van der Waals surface area contributed by atoms with Gasteiger partial charge in [-0.3, -0.25) is 0 Å². The zero-order chi connectivity index (χ0) is 16.1. The van der Waals surface area contributed by atoms with Gasteiger partial charge in [-0.1, -0.05) is 13.8 Å². The minimum Gasteiger partial charge on any atom is -0.444 e. The SMILES string of the molecule is CCNC(=NCc1nc(C)c(C)o1)N1CCSC(C(C)C)C1.I. The Bertz CT molecular complexity index is 499. The first-order valence-electron chi connectivity index (χ1n) is 8.09. The Kier molecular flexibility index (Phi) is 8.74. The van der Waals surface area contributed by atoms with Crippen molar-refractivity contribution in [2.24, 2.45) is 10.9 Å². The Morgan fingerprint density at radius 1 is 1.48 bits per heavy atom. The van der Waals surface area contributed by atoms with E-state index in [2.05, 4.69) is 47.7 Å². The van der Waals surface area contributed by atoms with E-state index in [9.17, 15) is 0 Å². The first-order valence-corrected chi connectivity index (χ1v) is 9.13. The molecule has 0 amide bonds. The van der Waals surface area contributed by atoms with Crippen LogP contribution in [0.3, 0.4) is 0 Å². The Hall–Kier alpha value is -0.440. The maximum Gasteiger partial charge on any atom is 0.216 e. The summed E-state index contributed by atoms with van der Waals surface area (Å²) in [6.45, 7) is 14.1. The number of aryl methyl sites for hydroxylation is 2. The standard InChI is InChI=1S/C16H28N4OS.HI/c1-6-17-16(18-9-15-19-12(4)13(5)21-15)20-7-8-22-14(10-20)11(2)3;/h11,14H,6-10H2,1-5H3,(H,17,18);1H. The molecule has 5 nitrogen and oxygen atoms in total. The molecule has 132 valence electrons. The highest BCUT2D eigenvalue weighted by Gasteiger charge is 2.24. The summed E-state index contributed by atoms with van der Waals surface area (Å²) < 4.78 is 5.62. The zero-order valence-electron chi connectivity index (χ0n) is 14.8. The molecule has 0 aliphatic carbocycles. The van der Waals surface area contributed by atoms with Crippen molar-refractivity contribution < 1.29 is 4.42 Å². The highest BCUT2D eigenvalue weighted by molar-refractivity contribution is 14.0. The third-order valence-electron chi connectivity index (χ3n) is 3.91. The van der Waals surface area contributed by atoms with Gasteiger partial charge in [0.2, 0.25) is 5.89 Å². The molecule has 0 radical (unpaired) electrons. The van der Waals surface area contributed by atoms with Gasteiger partial charge < -0.3 is 14.6 Å². The lowest BCUT2D eigenvalue weighted by Gasteiger charge is -2.36. The van der Waals surface area contributed by atoms with Crippen molar-refractivity contribution in [3.63, 3.8) is 0 Å². The van der Waals surface area contributed by atoms with E-state index in [0.717, 1.165) is 42.8 Å². The van der Waals surface area contributed by atoms with Crippen molar-refractivity contribution in [3.05, 3.63) is 17.3 Å². The number of aromatic nitrogens is 1. The molecular formula is C16H29IN4OS. The number of hydrogen-bond donors (Lipinski definition) is 1. The normalized spacial score (nSPS) is 19.0. The van der Waals surface area contributed by atoms with Gasteiger partial charge in [0.1, 0.15) is 12.3 Å². The van der Waals surface area contributed by atoms with Crippen LogP contribution in [0.15, 0.2) is 9.41 Å². The van der Waals surface area contributed by atoms with Crippen LogP contribution >= 0.6 is 35.7 Å². The fourth-order valence-corrected chi connectivity index (χ4v) is 3.75. The molecule has 1 aromatic rings. The first-order chi connectivity index (χ1) is 10.5. The molecule has 0 saturated carbocycles. The lowest BCUT2D eigenvalue weighted by atomic mass is 10.1. The Morgan fingerprint density at radius 3 is 2.78 bits per heavy atom. The van der Waals surface area contributed by atoms with E-state index in [1.807, 2.05) is 13.8 Å². The monoisotopic (exact) mass is 452 g/mol. The van der Waals surface area contributed by atoms with Crippen LogP contribution in [0.1, 0.15) is 38.1 Å². The predicted molar refractivity (Wildman–Crippen MR) is 109 cm³/mol. The molecule has 2 heterocycles. The Balaban J connectivity index is 0.00000264. The van der Waals surface area contributed by atoms with E-state index in [1.165, 1.54) is 0 Å². The molecule has 1 fully saturated rings.